The Morgan fingerprint density at radius 2 is 1.80 bits per heavy atom. The molecule has 0 radical (unpaired) electrons. The average Bonchev–Trinajstić information content (AvgIpc) is 2.88. The molecule has 25 heavy (non-hydrogen) atoms. The molecule has 0 atom stereocenters. The van der Waals surface area contributed by atoms with Crippen LogP contribution in [0.5, 0.6) is 0 Å². The summed E-state index contributed by atoms with van der Waals surface area (Å²) in [6.45, 7) is 4.02. The van der Waals surface area contributed by atoms with Gasteiger partial charge in [0.25, 0.3) is 0 Å². The topological polar surface area (TPSA) is 64.0 Å². The highest BCUT2D eigenvalue weighted by atomic mass is 79.9. The van der Waals surface area contributed by atoms with Gasteiger partial charge in [-0.25, -0.2) is 17.8 Å². The van der Waals surface area contributed by atoms with Crippen molar-refractivity contribution in [3.8, 4) is 5.69 Å². The van der Waals surface area contributed by atoms with Crippen LogP contribution in [0.2, 0.25) is 0 Å². The lowest BCUT2D eigenvalue weighted by Crippen LogP contribution is -2.23. The highest BCUT2D eigenvalue weighted by Crippen LogP contribution is 2.20. The first kappa shape index (κ1) is 17.8. The zero-order valence-corrected chi connectivity index (χ0v) is 16.3. The zero-order chi connectivity index (χ0) is 18.0. The monoisotopic (exact) mass is 419 g/mol. The van der Waals surface area contributed by atoms with E-state index in [2.05, 4.69) is 25.8 Å². The van der Waals surface area contributed by atoms with E-state index in [1.54, 1.807) is 24.3 Å². The molecule has 5 nitrogen and oxygen atoms in total. The second-order valence-electron chi connectivity index (χ2n) is 5.68. The van der Waals surface area contributed by atoms with Gasteiger partial charge in [0.1, 0.15) is 0 Å². The first-order valence-electron chi connectivity index (χ1n) is 7.74. The molecule has 0 saturated heterocycles. The Bertz CT molecular complexity index is 998. The minimum Gasteiger partial charge on any atom is -0.238 e. The number of sulfonamides is 1. The van der Waals surface area contributed by atoms with Crippen molar-refractivity contribution >= 4 is 26.0 Å². The van der Waals surface area contributed by atoms with Crippen molar-refractivity contribution in [1.29, 1.82) is 0 Å². The van der Waals surface area contributed by atoms with Crippen LogP contribution in [0.15, 0.2) is 64.0 Å². The Morgan fingerprint density at radius 3 is 2.48 bits per heavy atom. The van der Waals surface area contributed by atoms with E-state index in [1.165, 1.54) is 0 Å². The van der Waals surface area contributed by atoms with Crippen LogP contribution >= 0.6 is 15.9 Å². The minimum absolute atomic E-state index is 0.194. The number of para-hydroxylation sites is 1. The van der Waals surface area contributed by atoms with E-state index in [0.717, 1.165) is 27.1 Å². The average molecular weight is 420 g/mol. The van der Waals surface area contributed by atoms with Crippen molar-refractivity contribution < 1.29 is 8.42 Å². The van der Waals surface area contributed by atoms with Crippen molar-refractivity contribution in [2.75, 3.05) is 0 Å². The van der Waals surface area contributed by atoms with Crippen molar-refractivity contribution in [1.82, 2.24) is 14.5 Å². The second kappa shape index (κ2) is 7.11. The zero-order valence-electron chi connectivity index (χ0n) is 13.9. The maximum Gasteiger partial charge on any atom is 0.240 e. The lowest BCUT2D eigenvalue weighted by Gasteiger charge is -2.08. The number of aromatic nitrogens is 2. The summed E-state index contributed by atoms with van der Waals surface area (Å²) in [6.07, 6.45) is 0. The van der Waals surface area contributed by atoms with E-state index in [4.69, 9.17) is 0 Å². The van der Waals surface area contributed by atoms with E-state index in [9.17, 15) is 8.42 Å². The maximum atomic E-state index is 12.5. The van der Waals surface area contributed by atoms with Gasteiger partial charge in [-0.3, -0.25) is 0 Å². The van der Waals surface area contributed by atoms with E-state index in [1.807, 2.05) is 48.9 Å². The van der Waals surface area contributed by atoms with E-state index in [0.29, 0.717) is 0 Å². The van der Waals surface area contributed by atoms with Crippen LogP contribution in [0.1, 0.15) is 17.0 Å². The predicted molar refractivity (Wildman–Crippen MR) is 101 cm³/mol. The van der Waals surface area contributed by atoms with Gasteiger partial charge in [-0.05, 0) is 44.2 Å². The summed E-state index contributed by atoms with van der Waals surface area (Å²) in [6, 6.07) is 16.4. The lowest BCUT2D eigenvalue weighted by atomic mass is 10.2. The fraction of sp³-hybridized carbons (Fsp3) is 0.167. The molecule has 130 valence electrons. The first-order valence-corrected chi connectivity index (χ1v) is 10.0. The van der Waals surface area contributed by atoms with Crippen LogP contribution in [-0.2, 0) is 16.6 Å². The molecule has 0 unspecified atom stereocenters. The van der Waals surface area contributed by atoms with Crippen LogP contribution in [0, 0.1) is 13.8 Å². The smallest absolute Gasteiger partial charge is 0.238 e. The van der Waals surface area contributed by atoms with Gasteiger partial charge in [-0.1, -0.05) is 40.2 Å². The number of nitrogens with one attached hydrogen (secondary N) is 1. The summed E-state index contributed by atoms with van der Waals surface area (Å²) in [4.78, 5) is 0.229. The highest BCUT2D eigenvalue weighted by Gasteiger charge is 2.18. The van der Waals surface area contributed by atoms with Crippen LogP contribution in [0.25, 0.3) is 5.69 Å². The quantitative estimate of drug-likeness (QED) is 0.684. The van der Waals surface area contributed by atoms with Crippen LogP contribution in [0.4, 0.5) is 0 Å². The molecule has 0 aliphatic heterocycles. The van der Waals surface area contributed by atoms with Gasteiger partial charge < -0.3 is 0 Å². The summed E-state index contributed by atoms with van der Waals surface area (Å²) in [5.74, 6) is 0. The van der Waals surface area contributed by atoms with Crippen molar-refractivity contribution in [2.24, 2.45) is 0 Å². The second-order valence-corrected chi connectivity index (χ2v) is 8.36. The largest absolute Gasteiger partial charge is 0.240 e. The van der Waals surface area contributed by atoms with Crippen molar-refractivity contribution in [3.05, 3.63) is 76.0 Å². The van der Waals surface area contributed by atoms with Crippen LogP contribution in [0.3, 0.4) is 0 Å². The van der Waals surface area contributed by atoms with Gasteiger partial charge in [0.15, 0.2) is 0 Å². The van der Waals surface area contributed by atoms with Gasteiger partial charge in [0.2, 0.25) is 10.0 Å². The van der Waals surface area contributed by atoms with Crippen molar-refractivity contribution in [3.63, 3.8) is 0 Å². The van der Waals surface area contributed by atoms with Gasteiger partial charge in [0.05, 0.1) is 16.3 Å². The number of halogens is 1. The third-order valence-electron chi connectivity index (χ3n) is 3.99. The third-order valence-corrected chi connectivity index (χ3v) is 5.88. The van der Waals surface area contributed by atoms with Crippen molar-refractivity contribution in [2.45, 2.75) is 25.3 Å². The Kier molecular flexibility index (Phi) is 5.08. The van der Waals surface area contributed by atoms with Gasteiger partial charge in [-0.15, -0.1) is 0 Å². The Hall–Kier alpha value is -1.96. The molecule has 2 aromatic carbocycles. The molecular formula is C18H18BrN3O2S. The van der Waals surface area contributed by atoms with E-state index < -0.39 is 10.0 Å². The molecule has 0 aliphatic carbocycles. The molecule has 0 spiro atoms. The molecule has 0 fully saturated rings. The molecule has 0 bridgehead atoms. The summed E-state index contributed by atoms with van der Waals surface area (Å²) in [7, 11) is -3.59. The molecule has 7 heteroatoms. The number of rotatable bonds is 5. The standard InChI is InChI=1S/C18H18BrN3O2S/c1-13-18(14(2)22(21-13)16-8-4-3-5-9-16)12-20-25(23,24)17-10-6-7-15(19)11-17/h3-11,20H,12H2,1-2H3. The summed E-state index contributed by atoms with van der Waals surface area (Å²) in [5, 5.41) is 4.54. The SMILES string of the molecule is Cc1nn(-c2ccccc2)c(C)c1CNS(=O)(=O)c1cccc(Br)c1. The van der Waals surface area contributed by atoms with E-state index >= 15 is 0 Å². The number of benzene rings is 2. The molecule has 1 aromatic heterocycles. The molecule has 0 amide bonds. The Labute approximate surface area is 155 Å². The number of aryl methyl sites for hydroxylation is 1. The highest BCUT2D eigenvalue weighted by molar-refractivity contribution is 9.10. The Balaban J connectivity index is 1.86. The van der Waals surface area contributed by atoms with Crippen LogP contribution < -0.4 is 4.72 Å². The fourth-order valence-electron chi connectivity index (χ4n) is 2.64. The normalized spacial score (nSPS) is 11.6. The molecule has 0 aliphatic rings. The molecule has 1 heterocycles. The third kappa shape index (κ3) is 3.84. The summed E-state index contributed by atoms with van der Waals surface area (Å²) in [5.41, 5.74) is 3.55. The summed E-state index contributed by atoms with van der Waals surface area (Å²) < 4.78 is 30.2. The minimum atomic E-state index is -3.59. The molecule has 3 rings (SSSR count). The first-order chi connectivity index (χ1) is 11.9. The number of hydrogen-bond acceptors (Lipinski definition) is 3. The predicted octanol–water partition coefficient (Wildman–Crippen LogP) is 3.73. The molecule has 0 saturated carbocycles. The number of nitrogens with zero attached hydrogens (tertiary/aromatic N) is 2. The molecular weight excluding hydrogens is 402 g/mol. The fourth-order valence-corrected chi connectivity index (χ4v) is 4.23. The van der Waals surface area contributed by atoms with Crippen LogP contribution in [-0.4, -0.2) is 18.2 Å². The Morgan fingerprint density at radius 1 is 1.08 bits per heavy atom. The lowest BCUT2D eigenvalue weighted by molar-refractivity contribution is 0.581. The molecule has 3 aromatic rings. The maximum absolute atomic E-state index is 12.5. The van der Waals surface area contributed by atoms with Gasteiger partial charge in [0, 0.05) is 22.3 Å². The summed E-state index contributed by atoms with van der Waals surface area (Å²) >= 11 is 3.30. The number of hydrogen-bond donors (Lipinski definition) is 1. The molecule has 1 N–H and O–H groups in total. The van der Waals surface area contributed by atoms with Gasteiger partial charge >= 0.3 is 0 Å². The van der Waals surface area contributed by atoms with Gasteiger partial charge in [-0.2, -0.15) is 5.10 Å². The van der Waals surface area contributed by atoms with E-state index in [-0.39, 0.29) is 11.4 Å².